The smallest absolute Gasteiger partial charge is 0.457 e. The zero-order chi connectivity index (χ0) is 37.4. The third kappa shape index (κ3) is 43.1. The maximum Gasteiger partial charge on any atom is 0.469 e. The molecule has 0 radical (unpaired) electrons. The molecule has 2 N–H and O–H groups in total. The minimum Gasteiger partial charge on any atom is -0.457 e. The van der Waals surface area contributed by atoms with Gasteiger partial charge in [-0.2, -0.15) is 0 Å². The molecular weight excluding hydrogens is 659 g/mol. The average molecular weight is 741 g/mol. The van der Waals surface area contributed by atoms with Gasteiger partial charge in [-0.05, 0) is 51.4 Å². The van der Waals surface area contributed by atoms with E-state index < -0.39 is 13.9 Å². The molecule has 0 aromatic heterocycles. The Labute approximate surface area is 315 Å². The van der Waals surface area contributed by atoms with Gasteiger partial charge in [-0.1, -0.05) is 185 Å². The van der Waals surface area contributed by atoms with E-state index in [0.29, 0.717) is 6.61 Å². The number of phosphoric acid groups is 1. The molecule has 7 nitrogen and oxygen atoms in total. The molecule has 300 valence electrons. The Bertz CT molecular complexity index is 866. The van der Waals surface area contributed by atoms with Gasteiger partial charge in [0.2, 0.25) is 0 Å². The summed E-state index contributed by atoms with van der Waals surface area (Å²) in [6.45, 7) is 4.73. The van der Waals surface area contributed by atoms with E-state index in [1.54, 1.807) is 0 Å². The molecule has 0 saturated heterocycles. The van der Waals surface area contributed by atoms with Crippen LogP contribution in [0, 0.1) is 0 Å². The summed E-state index contributed by atoms with van der Waals surface area (Å²) in [5.41, 5.74) is 0. The lowest BCUT2D eigenvalue weighted by Crippen LogP contribution is -2.28. The molecule has 0 saturated carbocycles. The summed E-state index contributed by atoms with van der Waals surface area (Å²) in [7, 11) is -4.66. The Morgan fingerprint density at radius 2 is 0.922 bits per heavy atom. The van der Waals surface area contributed by atoms with Crippen molar-refractivity contribution < 1.29 is 33.1 Å². The highest BCUT2D eigenvalue weighted by atomic mass is 31.2. The molecule has 0 aliphatic heterocycles. The van der Waals surface area contributed by atoms with Crippen LogP contribution in [0.25, 0.3) is 0 Å². The predicted octanol–water partition coefficient (Wildman–Crippen LogP) is 13.4. The van der Waals surface area contributed by atoms with Crippen molar-refractivity contribution in [3.05, 3.63) is 36.5 Å². The van der Waals surface area contributed by atoms with Crippen LogP contribution in [0.3, 0.4) is 0 Å². The minimum atomic E-state index is -4.66. The van der Waals surface area contributed by atoms with Crippen molar-refractivity contribution in [2.75, 3.05) is 19.8 Å². The largest absolute Gasteiger partial charge is 0.469 e. The number of esters is 1. The van der Waals surface area contributed by atoms with Gasteiger partial charge < -0.3 is 19.3 Å². The summed E-state index contributed by atoms with van der Waals surface area (Å²) < 4.78 is 27.0. The lowest BCUT2D eigenvalue weighted by atomic mass is 10.0. The van der Waals surface area contributed by atoms with Crippen LogP contribution in [0.2, 0.25) is 0 Å². The fourth-order valence-electron chi connectivity index (χ4n) is 6.04. The molecular formula is C43H81O7P. The lowest BCUT2D eigenvalue weighted by Gasteiger charge is -2.18. The van der Waals surface area contributed by atoms with Gasteiger partial charge in [0.1, 0.15) is 6.10 Å². The zero-order valence-corrected chi connectivity index (χ0v) is 34.2. The summed E-state index contributed by atoms with van der Waals surface area (Å²) in [6.07, 6.45) is 48.5. The maximum absolute atomic E-state index is 12.4. The van der Waals surface area contributed by atoms with Crippen LogP contribution in [0.1, 0.15) is 206 Å². The van der Waals surface area contributed by atoms with E-state index in [9.17, 15) is 9.36 Å². The quantitative estimate of drug-likeness (QED) is 0.0279. The summed E-state index contributed by atoms with van der Waals surface area (Å²) in [5.74, 6) is -0.381. The second-order valence-electron chi connectivity index (χ2n) is 14.3. The van der Waals surface area contributed by atoms with Gasteiger partial charge in [-0.25, -0.2) is 4.57 Å². The van der Waals surface area contributed by atoms with E-state index in [1.165, 1.54) is 128 Å². The standard InChI is InChI=1S/C43H81O7P/c1-3-5-7-9-11-13-15-17-19-21-23-25-27-29-31-33-35-37-39-48-40-42(41-49-51(45,46)47)50-43(44)38-36-34-32-30-28-26-24-22-20-18-16-14-12-10-8-6-4-2/h12,14,18,20,24,26,42H,3-11,13,15-17,19,21-23,25,27-41H2,1-2H3,(H2,45,46,47)/b14-12-,20-18-,26-24-/t42-/m1/s1. The molecule has 0 fully saturated rings. The molecule has 0 bridgehead atoms. The van der Waals surface area contributed by atoms with Crippen molar-refractivity contribution in [3.8, 4) is 0 Å². The molecule has 0 aromatic rings. The van der Waals surface area contributed by atoms with Gasteiger partial charge in [0.25, 0.3) is 0 Å². The number of hydrogen-bond donors (Lipinski definition) is 2. The number of carbonyl (C=O) groups excluding carboxylic acids is 1. The maximum atomic E-state index is 12.4. The SMILES string of the molecule is CCCCC/C=C\C/C=C\C/C=C\CCCCCCC(=O)O[C@H](COCCCCCCCCCCCCCCCCCCCC)COP(=O)(O)O. The van der Waals surface area contributed by atoms with Crippen LogP contribution in [-0.4, -0.2) is 41.7 Å². The fourth-order valence-corrected chi connectivity index (χ4v) is 6.40. The third-order valence-corrected chi connectivity index (χ3v) is 9.68. The number of hydrogen-bond acceptors (Lipinski definition) is 5. The fraction of sp³-hybridized carbons (Fsp3) is 0.837. The van der Waals surface area contributed by atoms with E-state index in [4.69, 9.17) is 19.3 Å². The third-order valence-electron chi connectivity index (χ3n) is 9.19. The Kier molecular flexibility index (Phi) is 39.0. The van der Waals surface area contributed by atoms with Crippen molar-refractivity contribution in [2.24, 2.45) is 0 Å². The van der Waals surface area contributed by atoms with Crippen LogP contribution in [0.15, 0.2) is 36.5 Å². The van der Waals surface area contributed by atoms with Crippen LogP contribution in [0.4, 0.5) is 0 Å². The molecule has 0 aliphatic rings. The number of carbonyl (C=O) groups is 1. The average Bonchev–Trinajstić information content (AvgIpc) is 3.10. The lowest BCUT2D eigenvalue weighted by molar-refractivity contribution is -0.154. The van der Waals surface area contributed by atoms with Crippen LogP contribution in [-0.2, 0) is 23.4 Å². The zero-order valence-electron chi connectivity index (χ0n) is 33.3. The van der Waals surface area contributed by atoms with Crippen LogP contribution >= 0.6 is 7.82 Å². The summed E-state index contributed by atoms with van der Waals surface area (Å²) >= 11 is 0. The van der Waals surface area contributed by atoms with E-state index in [2.05, 4.69) is 54.8 Å². The van der Waals surface area contributed by atoms with Crippen molar-refractivity contribution in [3.63, 3.8) is 0 Å². The van der Waals surface area contributed by atoms with Gasteiger partial charge in [-0.15, -0.1) is 0 Å². The number of ether oxygens (including phenoxy) is 2. The first-order chi connectivity index (χ1) is 24.9. The molecule has 0 spiro atoms. The second-order valence-corrected chi connectivity index (χ2v) is 15.6. The van der Waals surface area contributed by atoms with Crippen molar-refractivity contribution >= 4 is 13.8 Å². The highest BCUT2D eigenvalue weighted by molar-refractivity contribution is 7.46. The van der Waals surface area contributed by atoms with Crippen molar-refractivity contribution in [2.45, 2.75) is 213 Å². The molecule has 0 unspecified atom stereocenters. The van der Waals surface area contributed by atoms with Gasteiger partial charge in [0.15, 0.2) is 0 Å². The highest BCUT2D eigenvalue weighted by Gasteiger charge is 2.21. The Balaban J connectivity index is 3.81. The molecule has 0 aromatic carbocycles. The van der Waals surface area contributed by atoms with E-state index in [1.807, 2.05) is 0 Å². The number of unbranched alkanes of at least 4 members (excludes halogenated alkanes) is 24. The Morgan fingerprint density at radius 1 is 0.529 bits per heavy atom. The van der Waals surface area contributed by atoms with Crippen LogP contribution < -0.4 is 0 Å². The number of allylic oxidation sites excluding steroid dienone is 6. The van der Waals surface area contributed by atoms with Crippen LogP contribution in [0.5, 0.6) is 0 Å². The first-order valence-electron chi connectivity index (χ1n) is 21.3. The van der Waals surface area contributed by atoms with Crippen molar-refractivity contribution in [1.82, 2.24) is 0 Å². The molecule has 1 atom stereocenters. The predicted molar refractivity (Wildman–Crippen MR) is 216 cm³/mol. The first-order valence-corrected chi connectivity index (χ1v) is 22.8. The topological polar surface area (TPSA) is 102 Å². The molecule has 0 heterocycles. The molecule has 0 amide bonds. The summed E-state index contributed by atoms with van der Waals surface area (Å²) in [5, 5.41) is 0. The Hall–Kier alpha value is -1.24. The van der Waals surface area contributed by atoms with E-state index >= 15 is 0 Å². The number of rotatable bonds is 40. The van der Waals surface area contributed by atoms with Gasteiger partial charge in [-0.3, -0.25) is 9.32 Å². The first kappa shape index (κ1) is 49.8. The van der Waals surface area contributed by atoms with E-state index in [-0.39, 0.29) is 25.6 Å². The van der Waals surface area contributed by atoms with Gasteiger partial charge in [0, 0.05) is 13.0 Å². The molecule has 51 heavy (non-hydrogen) atoms. The van der Waals surface area contributed by atoms with Gasteiger partial charge in [0.05, 0.1) is 13.2 Å². The normalized spacial score (nSPS) is 12.9. The summed E-state index contributed by atoms with van der Waals surface area (Å²) in [6, 6.07) is 0. The Morgan fingerprint density at radius 3 is 1.41 bits per heavy atom. The minimum absolute atomic E-state index is 0.0714. The van der Waals surface area contributed by atoms with Crippen molar-refractivity contribution in [1.29, 1.82) is 0 Å². The number of phosphoric ester groups is 1. The summed E-state index contributed by atoms with van der Waals surface area (Å²) in [4.78, 5) is 30.6. The van der Waals surface area contributed by atoms with Gasteiger partial charge >= 0.3 is 13.8 Å². The molecule has 0 aliphatic carbocycles. The molecule has 8 heteroatoms. The van der Waals surface area contributed by atoms with E-state index in [0.717, 1.165) is 57.8 Å². The second kappa shape index (κ2) is 40.0. The highest BCUT2D eigenvalue weighted by Crippen LogP contribution is 2.36. The monoisotopic (exact) mass is 741 g/mol. The molecule has 0 rings (SSSR count).